The Hall–Kier alpha value is -1.59. The Labute approximate surface area is 153 Å². The number of carboxylic acids is 1. The SMILES string of the molecule is CCC(CC)(C(=O)NCC1(C(=O)O)CCOCC1)c1ccc(Cl)cc1. The smallest absolute Gasteiger partial charge is 0.311 e. The van der Waals surface area contributed by atoms with E-state index in [1.54, 1.807) is 12.1 Å². The van der Waals surface area contributed by atoms with Crippen molar-refractivity contribution in [2.24, 2.45) is 5.41 Å². The monoisotopic (exact) mass is 367 g/mol. The van der Waals surface area contributed by atoms with Crippen LogP contribution in [-0.4, -0.2) is 36.7 Å². The van der Waals surface area contributed by atoms with Crippen LogP contribution < -0.4 is 5.32 Å². The number of rotatable bonds is 7. The van der Waals surface area contributed by atoms with Crippen LogP contribution in [-0.2, 0) is 19.7 Å². The van der Waals surface area contributed by atoms with E-state index in [1.165, 1.54) is 0 Å². The van der Waals surface area contributed by atoms with Crippen molar-refractivity contribution in [3.05, 3.63) is 34.9 Å². The molecule has 0 bridgehead atoms. The van der Waals surface area contributed by atoms with Crippen molar-refractivity contribution in [3.63, 3.8) is 0 Å². The standard InChI is InChI=1S/C19H26ClNO4/c1-3-19(4-2,14-5-7-15(20)8-6-14)16(22)21-13-18(17(23)24)9-11-25-12-10-18/h5-8H,3-4,9-13H2,1-2H3,(H,21,22)(H,23,24). The van der Waals surface area contributed by atoms with Crippen LogP contribution in [0.3, 0.4) is 0 Å². The Morgan fingerprint density at radius 1 is 1.20 bits per heavy atom. The number of hydrogen-bond donors (Lipinski definition) is 2. The first kappa shape index (κ1) is 19.7. The Morgan fingerprint density at radius 3 is 2.24 bits per heavy atom. The lowest BCUT2D eigenvalue weighted by atomic mass is 9.74. The van der Waals surface area contributed by atoms with E-state index in [1.807, 2.05) is 26.0 Å². The maximum atomic E-state index is 13.1. The molecule has 0 aliphatic carbocycles. The van der Waals surface area contributed by atoms with E-state index in [0.29, 0.717) is 43.9 Å². The highest BCUT2D eigenvalue weighted by molar-refractivity contribution is 6.30. The minimum Gasteiger partial charge on any atom is -0.481 e. The van der Waals surface area contributed by atoms with Crippen LogP contribution in [0.15, 0.2) is 24.3 Å². The average molecular weight is 368 g/mol. The minimum absolute atomic E-state index is 0.125. The number of ether oxygens (including phenoxy) is 1. The highest BCUT2D eigenvalue weighted by Gasteiger charge is 2.43. The zero-order chi connectivity index (χ0) is 18.5. The van der Waals surface area contributed by atoms with Gasteiger partial charge in [-0.15, -0.1) is 0 Å². The van der Waals surface area contributed by atoms with Crippen molar-refractivity contribution in [3.8, 4) is 0 Å². The zero-order valence-corrected chi connectivity index (χ0v) is 15.6. The number of benzene rings is 1. The number of hydrogen-bond acceptors (Lipinski definition) is 3. The Bertz CT molecular complexity index is 604. The molecule has 1 aliphatic rings. The van der Waals surface area contributed by atoms with Crippen molar-refractivity contribution in [2.45, 2.75) is 44.9 Å². The van der Waals surface area contributed by atoms with Crippen LogP contribution in [0.25, 0.3) is 0 Å². The molecule has 1 saturated heterocycles. The lowest BCUT2D eigenvalue weighted by Crippen LogP contribution is -2.51. The lowest BCUT2D eigenvalue weighted by molar-refractivity contribution is -0.155. The number of carboxylic acid groups (broad SMARTS) is 1. The maximum absolute atomic E-state index is 13.1. The second kappa shape index (κ2) is 8.19. The van der Waals surface area contributed by atoms with Gasteiger partial charge in [-0.1, -0.05) is 37.6 Å². The predicted octanol–water partition coefficient (Wildman–Crippen LogP) is 3.40. The molecule has 1 amide bonds. The van der Waals surface area contributed by atoms with Gasteiger partial charge >= 0.3 is 5.97 Å². The zero-order valence-electron chi connectivity index (χ0n) is 14.8. The molecular formula is C19H26ClNO4. The fraction of sp³-hybridized carbons (Fsp3) is 0.579. The van der Waals surface area contributed by atoms with Gasteiger partial charge in [0.05, 0.1) is 10.8 Å². The maximum Gasteiger partial charge on any atom is 0.311 e. The Kier molecular flexibility index (Phi) is 6.47. The summed E-state index contributed by atoms with van der Waals surface area (Å²) in [4.78, 5) is 24.8. The molecule has 0 aromatic heterocycles. The lowest BCUT2D eigenvalue weighted by Gasteiger charge is -2.36. The third-order valence-corrected chi connectivity index (χ3v) is 5.78. The summed E-state index contributed by atoms with van der Waals surface area (Å²) < 4.78 is 5.28. The molecule has 5 nitrogen and oxygen atoms in total. The third kappa shape index (κ3) is 3.98. The van der Waals surface area contributed by atoms with Crippen LogP contribution >= 0.6 is 11.6 Å². The van der Waals surface area contributed by atoms with Crippen molar-refractivity contribution in [2.75, 3.05) is 19.8 Å². The molecule has 138 valence electrons. The van der Waals surface area contributed by atoms with Crippen molar-refractivity contribution < 1.29 is 19.4 Å². The molecule has 0 unspecified atom stereocenters. The summed E-state index contributed by atoms with van der Waals surface area (Å²) in [6.07, 6.45) is 2.07. The largest absolute Gasteiger partial charge is 0.481 e. The molecular weight excluding hydrogens is 342 g/mol. The molecule has 25 heavy (non-hydrogen) atoms. The molecule has 1 fully saturated rings. The molecule has 6 heteroatoms. The van der Waals surface area contributed by atoms with E-state index < -0.39 is 16.8 Å². The van der Waals surface area contributed by atoms with Gasteiger partial charge in [0.15, 0.2) is 0 Å². The molecule has 1 heterocycles. The fourth-order valence-corrected chi connectivity index (χ4v) is 3.65. The topological polar surface area (TPSA) is 75.6 Å². The van der Waals surface area contributed by atoms with Gasteiger partial charge in [-0.2, -0.15) is 0 Å². The first-order chi connectivity index (χ1) is 11.9. The van der Waals surface area contributed by atoms with Gasteiger partial charge in [0.1, 0.15) is 0 Å². The summed E-state index contributed by atoms with van der Waals surface area (Å²) in [7, 11) is 0. The number of carbonyl (C=O) groups is 2. The van der Waals surface area contributed by atoms with Gasteiger partial charge < -0.3 is 15.2 Å². The second-order valence-electron chi connectivity index (χ2n) is 6.68. The first-order valence-electron chi connectivity index (χ1n) is 8.76. The van der Waals surface area contributed by atoms with Crippen LogP contribution in [0.2, 0.25) is 5.02 Å². The number of aliphatic carboxylic acids is 1. The summed E-state index contributed by atoms with van der Waals surface area (Å²) >= 11 is 5.97. The molecule has 0 spiro atoms. The van der Waals surface area contributed by atoms with E-state index in [2.05, 4.69) is 5.32 Å². The summed E-state index contributed by atoms with van der Waals surface area (Å²) in [6.45, 7) is 4.89. The molecule has 0 radical (unpaired) electrons. The highest BCUT2D eigenvalue weighted by Crippen LogP contribution is 2.34. The van der Waals surface area contributed by atoms with Gasteiger partial charge in [0.2, 0.25) is 5.91 Å². The molecule has 1 aromatic carbocycles. The Balaban J connectivity index is 2.20. The van der Waals surface area contributed by atoms with E-state index in [-0.39, 0.29) is 12.5 Å². The van der Waals surface area contributed by atoms with Gasteiger partial charge in [-0.05, 0) is 43.4 Å². The van der Waals surface area contributed by atoms with Crippen molar-refractivity contribution in [1.82, 2.24) is 5.32 Å². The molecule has 2 N–H and O–H groups in total. The minimum atomic E-state index is -0.943. The van der Waals surface area contributed by atoms with E-state index >= 15 is 0 Å². The van der Waals surface area contributed by atoms with E-state index in [0.717, 1.165) is 5.56 Å². The van der Waals surface area contributed by atoms with Crippen molar-refractivity contribution in [1.29, 1.82) is 0 Å². The van der Waals surface area contributed by atoms with Crippen molar-refractivity contribution >= 4 is 23.5 Å². The predicted molar refractivity (Wildman–Crippen MR) is 96.8 cm³/mol. The number of carbonyl (C=O) groups excluding carboxylic acids is 1. The van der Waals surface area contributed by atoms with E-state index in [9.17, 15) is 14.7 Å². The number of amides is 1. The van der Waals surface area contributed by atoms with Crippen LogP contribution in [0, 0.1) is 5.41 Å². The third-order valence-electron chi connectivity index (χ3n) is 5.53. The van der Waals surface area contributed by atoms with Gasteiger partial charge in [0.25, 0.3) is 0 Å². The summed E-state index contributed by atoms with van der Waals surface area (Å²) in [5.41, 5.74) is -0.730. The first-order valence-corrected chi connectivity index (χ1v) is 9.13. The highest BCUT2D eigenvalue weighted by atomic mass is 35.5. The van der Waals surface area contributed by atoms with Gasteiger partial charge in [-0.25, -0.2) is 0 Å². The number of nitrogens with one attached hydrogen (secondary N) is 1. The fourth-order valence-electron chi connectivity index (χ4n) is 3.53. The number of halogens is 1. The molecule has 0 atom stereocenters. The molecule has 1 aromatic rings. The normalized spacial score (nSPS) is 17.1. The average Bonchev–Trinajstić information content (AvgIpc) is 2.63. The van der Waals surface area contributed by atoms with E-state index in [4.69, 9.17) is 16.3 Å². The van der Waals surface area contributed by atoms with Gasteiger partial charge in [-0.3, -0.25) is 9.59 Å². The molecule has 1 aliphatic heterocycles. The van der Waals surface area contributed by atoms with Crippen LogP contribution in [0.1, 0.15) is 45.1 Å². The second-order valence-corrected chi connectivity index (χ2v) is 7.11. The Morgan fingerprint density at radius 2 is 1.76 bits per heavy atom. The summed E-state index contributed by atoms with van der Waals surface area (Å²) in [6, 6.07) is 7.30. The molecule has 0 saturated carbocycles. The van der Waals surface area contributed by atoms with Crippen LogP contribution in [0.5, 0.6) is 0 Å². The van der Waals surface area contributed by atoms with Gasteiger partial charge in [0, 0.05) is 24.8 Å². The van der Waals surface area contributed by atoms with Crippen LogP contribution in [0.4, 0.5) is 0 Å². The summed E-state index contributed by atoms with van der Waals surface area (Å²) in [5, 5.41) is 13.2. The quantitative estimate of drug-likeness (QED) is 0.774. The molecule has 2 rings (SSSR count). The summed E-state index contributed by atoms with van der Waals surface area (Å²) in [5.74, 6) is -1.01.